The minimum absolute atomic E-state index is 0.351. The first kappa shape index (κ1) is 10.6. The van der Waals surface area contributed by atoms with Crippen molar-refractivity contribution in [1.82, 2.24) is 9.38 Å². The highest BCUT2D eigenvalue weighted by Crippen LogP contribution is 2.10. The highest BCUT2D eigenvalue weighted by atomic mass is 16.5. The second-order valence-electron chi connectivity index (χ2n) is 3.30. The summed E-state index contributed by atoms with van der Waals surface area (Å²) in [5, 5.41) is 0. The normalized spacial score (nSPS) is 10.6. The number of carbonyl (C=O) groups is 1. The maximum Gasteiger partial charge on any atom is 0.355 e. The van der Waals surface area contributed by atoms with Crippen LogP contribution in [0.2, 0.25) is 0 Å². The summed E-state index contributed by atoms with van der Waals surface area (Å²) in [5.41, 5.74) is 7.42. The monoisotopic (exact) mass is 219 g/mol. The zero-order chi connectivity index (χ0) is 11.5. The van der Waals surface area contributed by atoms with E-state index in [4.69, 9.17) is 10.5 Å². The quantitative estimate of drug-likeness (QED) is 0.781. The maximum atomic E-state index is 11.7. The number of hydrogen-bond acceptors (Lipinski definition) is 4. The Hall–Kier alpha value is -1.88. The molecule has 2 heterocycles. The molecule has 0 atom stereocenters. The molecule has 0 amide bonds. The number of ether oxygens (including phenoxy) is 1. The van der Waals surface area contributed by atoms with Gasteiger partial charge in [-0.05, 0) is 19.1 Å². The number of aromatic nitrogens is 2. The molecule has 0 radical (unpaired) electrons. The first-order valence-electron chi connectivity index (χ1n) is 5.10. The summed E-state index contributed by atoms with van der Waals surface area (Å²) in [5.74, 6) is -0.353. The predicted octanol–water partition coefficient (Wildman–Crippen LogP) is 0.970. The molecule has 0 aromatic carbocycles. The molecule has 0 aliphatic heterocycles. The summed E-state index contributed by atoms with van der Waals surface area (Å²) in [6.07, 6.45) is 1.75. The minimum atomic E-state index is -0.353. The van der Waals surface area contributed by atoms with E-state index in [1.54, 1.807) is 29.7 Å². The smallest absolute Gasteiger partial charge is 0.355 e. The fourth-order valence-electron chi connectivity index (χ4n) is 1.53. The standard InChI is InChI=1S/C11H13N3O2/c1-2-16-11(15)9-4-3-5-10-13-8(6-12)7-14(9)10/h3-5,7H,2,6,12H2,1H3. The van der Waals surface area contributed by atoms with E-state index in [9.17, 15) is 4.79 Å². The Morgan fingerprint density at radius 3 is 3.06 bits per heavy atom. The van der Waals surface area contributed by atoms with E-state index in [-0.39, 0.29) is 5.97 Å². The van der Waals surface area contributed by atoms with E-state index >= 15 is 0 Å². The Balaban J connectivity index is 2.52. The summed E-state index contributed by atoms with van der Waals surface area (Å²) in [4.78, 5) is 15.9. The van der Waals surface area contributed by atoms with Crippen molar-refractivity contribution in [2.24, 2.45) is 5.73 Å². The number of imidazole rings is 1. The van der Waals surface area contributed by atoms with Gasteiger partial charge in [0.2, 0.25) is 0 Å². The van der Waals surface area contributed by atoms with Crippen molar-refractivity contribution < 1.29 is 9.53 Å². The van der Waals surface area contributed by atoms with Crippen LogP contribution in [-0.4, -0.2) is 22.0 Å². The number of nitrogens with zero attached hydrogens (tertiary/aromatic N) is 2. The van der Waals surface area contributed by atoms with Crippen LogP contribution in [0.3, 0.4) is 0 Å². The minimum Gasteiger partial charge on any atom is -0.461 e. The Morgan fingerprint density at radius 2 is 2.38 bits per heavy atom. The van der Waals surface area contributed by atoms with E-state index in [1.165, 1.54) is 0 Å². The molecule has 0 unspecified atom stereocenters. The summed E-state index contributed by atoms with van der Waals surface area (Å²) in [6.45, 7) is 2.48. The Bertz CT molecular complexity index is 519. The van der Waals surface area contributed by atoms with Crippen LogP contribution < -0.4 is 5.73 Å². The third-order valence-corrected chi connectivity index (χ3v) is 2.24. The predicted molar refractivity (Wildman–Crippen MR) is 59.0 cm³/mol. The van der Waals surface area contributed by atoms with Crippen LogP contribution >= 0.6 is 0 Å². The van der Waals surface area contributed by atoms with Gasteiger partial charge in [0.05, 0.1) is 12.3 Å². The molecule has 0 spiro atoms. The Kier molecular flexibility index (Phi) is 2.87. The second-order valence-corrected chi connectivity index (χ2v) is 3.30. The fraction of sp³-hybridized carbons (Fsp3) is 0.273. The number of hydrogen-bond donors (Lipinski definition) is 1. The first-order valence-corrected chi connectivity index (χ1v) is 5.10. The van der Waals surface area contributed by atoms with Crippen molar-refractivity contribution in [1.29, 1.82) is 0 Å². The van der Waals surface area contributed by atoms with Gasteiger partial charge in [-0.15, -0.1) is 0 Å². The number of esters is 1. The van der Waals surface area contributed by atoms with Crippen LogP contribution in [0.4, 0.5) is 0 Å². The van der Waals surface area contributed by atoms with Gasteiger partial charge in [-0.25, -0.2) is 9.78 Å². The van der Waals surface area contributed by atoms with E-state index < -0.39 is 0 Å². The third-order valence-electron chi connectivity index (χ3n) is 2.24. The number of nitrogens with two attached hydrogens (primary N) is 1. The lowest BCUT2D eigenvalue weighted by molar-refractivity contribution is 0.0517. The van der Waals surface area contributed by atoms with Gasteiger partial charge in [0.1, 0.15) is 11.3 Å². The topological polar surface area (TPSA) is 69.6 Å². The Labute approximate surface area is 92.8 Å². The molecule has 5 nitrogen and oxygen atoms in total. The molecule has 84 valence electrons. The van der Waals surface area contributed by atoms with Gasteiger partial charge in [-0.3, -0.25) is 4.40 Å². The number of rotatable bonds is 3. The number of pyridine rings is 1. The van der Waals surface area contributed by atoms with Crippen LogP contribution in [0.1, 0.15) is 23.1 Å². The molecule has 16 heavy (non-hydrogen) atoms. The van der Waals surface area contributed by atoms with Crippen LogP contribution in [0, 0.1) is 0 Å². The van der Waals surface area contributed by atoms with Gasteiger partial charge in [-0.2, -0.15) is 0 Å². The molecule has 0 saturated heterocycles. The fourth-order valence-corrected chi connectivity index (χ4v) is 1.53. The van der Waals surface area contributed by atoms with E-state index in [1.807, 2.05) is 6.07 Å². The molecule has 2 aromatic heterocycles. The molecule has 0 aliphatic carbocycles. The third kappa shape index (κ3) is 1.77. The van der Waals surface area contributed by atoms with Gasteiger partial charge >= 0.3 is 5.97 Å². The van der Waals surface area contributed by atoms with Crippen LogP contribution in [0.15, 0.2) is 24.4 Å². The first-order chi connectivity index (χ1) is 7.76. The molecular formula is C11H13N3O2. The summed E-state index contributed by atoms with van der Waals surface area (Å²) < 4.78 is 6.65. The van der Waals surface area contributed by atoms with Crippen molar-refractivity contribution in [3.63, 3.8) is 0 Å². The average Bonchev–Trinajstić information content (AvgIpc) is 2.71. The SMILES string of the molecule is CCOC(=O)c1cccc2nc(CN)cn12. The molecule has 0 saturated carbocycles. The van der Waals surface area contributed by atoms with Gasteiger partial charge in [0, 0.05) is 12.7 Å². The molecule has 0 fully saturated rings. The zero-order valence-corrected chi connectivity index (χ0v) is 9.01. The van der Waals surface area contributed by atoms with Crippen molar-refractivity contribution in [2.45, 2.75) is 13.5 Å². The molecule has 2 aromatic rings. The van der Waals surface area contributed by atoms with Gasteiger partial charge < -0.3 is 10.5 Å². The lowest BCUT2D eigenvalue weighted by Gasteiger charge is -2.03. The lowest BCUT2D eigenvalue weighted by Crippen LogP contribution is -2.09. The molecule has 2 rings (SSSR count). The number of fused-ring (bicyclic) bond motifs is 1. The van der Waals surface area contributed by atoms with Crippen LogP contribution in [0.5, 0.6) is 0 Å². The Morgan fingerprint density at radius 1 is 1.56 bits per heavy atom. The lowest BCUT2D eigenvalue weighted by atomic mass is 10.3. The van der Waals surface area contributed by atoms with Crippen molar-refractivity contribution >= 4 is 11.6 Å². The van der Waals surface area contributed by atoms with Gasteiger partial charge in [0.15, 0.2) is 0 Å². The summed E-state index contributed by atoms with van der Waals surface area (Å²) in [7, 11) is 0. The maximum absolute atomic E-state index is 11.7. The molecule has 5 heteroatoms. The molecule has 2 N–H and O–H groups in total. The van der Waals surface area contributed by atoms with Gasteiger partial charge in [-0.1, -0.05) is 6.07 Å². The second kappa shape index (κ2) is 4.32. The van der Waals surface area contributed by atoms with Crippen LogP contribution in [0.25, 0.3) is 5.65 Å². The van der Waals surface area contributed by atoms with Crippen molar-refractivity contribution in [3.05, 3.63) is 35.8 Å². The molecule has 0 aliphatic rings. The van der Waals surface area contributed by atoms with E-state index in [2.05, 4.69) is 4.98 Å². The summed E-state index contributed by atoms with van der Waals surface area (Å²) in [6, 6.07) is 5.30. The summed E-state index contributed by atoms with van der Waals surface area (Å²) >= 11 is 0. The van der Waals surface area contributed by atoms with E-state index in [0.29, 0.717) is 24.5 Å². The number of carbonyl (C=O) groups excluding carboxylic acids is 1. The highest BCUT2D eigenvalue weighted by Gasteiger charge is 2.11. The largest absolute Gasteiger partial charge is 0.461 e. The average molecular weight is 219 g/mol. The van der Waals surface area contributed by atoms with Crippen molar-refractivity contribution in [2.75, 3.05) is 6.61 Å². The van der Waals surface area contributed by atoms with Crippen LogP contribution in [-0.2, 0) is 11.3 Å². The molecule has 0 bridgehead atoms. The highest BCUT2D eigenvalue weighted by molar-refractivity contribution is 5.88. The molecular weight excluding hydrogens is 206 g/mol. The van der Waals surface area contributed by atoms with Gasteiger partial charge in [0.25, 0.3) is 0 Å². The van der Waals surface area contributed by atoms with Crippen molar-refractivity contribution in [3.8, 4) is 0 Å². The van der Waals surface area contributed by atoms with E-state index in [0.717, 1.165) is 5.69 Å². The zero-order valence-electron chi connectivity index (χ0n) is 9.01.